The van der Waals surface area contributed by atoms with E-state index in [1.54, 1.807) is 13.0 Å². The SMILES string of the molecule is C\C(=C/C(/C=C/N)=N/C=N)ON. The molecule has 0 spiro atoms. The van der Waals surface area contributed by atoms with Crippen LogP contribution in [0.3, 0.4) is 0 Å². The van der Waals surface area contributed by atoms with E-state index in [4.69, 9.17) is 17.0 Å². The lowest BCUT2D eigenvalue weighted by Crippen LogP contribution is -1.99. The predicted octanol–water partition coefficient (Wildman–Crippen LogP) is 0.301. The maximum Gasteiger partial charge on any atom is 0.123 e. The molecule has 5 nitrogen and oxygen atoms in total. The molecule has 0 saturated carbocycles. The van der Waals surface area contributed by atoms with Gasteiger partial charge in [-0.1, -0.05) is 0 Å². The summed E-state index contributed by atoms with van der Waals surface area (Å²) >= 11 is 0. The zero-order chi connectivity index (χ0) is 9.40. The van der Waals surface area contributed by atoms with Crippen LogP contribution in [0.5, 0.6) is 0 Å². The first-order valence-electron chi connectivity index (χ1n) is 3.24. The minimum atomic E-state index is 0.494. The number of nitrogens with two attached hydrogens (primary N) is 2. The van der Waals surface area contributed by atoms with Crippen LogP contribution in [0.4, 0.5) is 0 Å². The van der Waals surface area contributed by atoms with Crippen molar-refractivity contribution in [1.82, 2.24) is 0 Å². The Morgan fingerprint density at radius 2 is 2.25 bits per heavy atom. The molecule has 12 heavy (non-hydrogen) atoms. The van der Waals surface area contributed by atoms with Crippen LogP contribution < -0.4 is 11.6 Å². The molecule has 0 aromatic heterocycles. The number of hydrogen-bond acceptors (Lipinski definition) is 4. The van der Waals surface area contributed by atoms with Gasteiger partial charge in [0.25, 0.3) is 0 Å². The lowest BCUT2D eigenvalue weighted by atomic mass is 10.3. The Morgan fingerprint density at radius 3 is 2.67 bits per heavy atom. The van der Waals surface area contributed by atoms with Crippen LogP contribution in [0, 0.1) is 5.41 Å². The lowest BCUT2D eigenvalue weighted by Gasteiger charge is -1.96. The summed E-state index contributed by atoms with van der Waals surface area (Å²) in [5.41, 5.74) is 5.65. The smallest absolute Gasteiger partial charge is 0.123 e. The van der Waals surface area contributed by atoms with Gasteiger partial charge in [-0.05, 0) is 19.2 Å². The minimum Gasteiger partial charge on any atom is -0.416 e. The third-order valence-electron chi connectivity index (χ3n) is 1.02. The van der Waals surface area contributed by atoms with Crippen LogP contribution >= 0.6 is 0 Å². The van der Waals surface area contributed by atoms with Crippen LogP contribution in [-0.4, -0.2) is 12.1 Å². The van der Waals surface area contributed by atoms with Crippen molar-refractivity contribution in [2.45, 2.75) is 6.92 Å². The summed E-state index contributed by atoms with van der Waals surface area (Å²) in [4.78, 5) is 8.09. The molecular weight excluding hydrogens is 156 g/mol. The van der Waals surface area contributed by atoms with E-state index in [-0.39, 0.29) is 0 Å². The number of nitrogens with zero attached hydrogens (tertiary/aromatic N) is 1. The Labute approximate surface area is 70.9 Å². The van der Waals surface area contributed by atoms with Crippen LogP contribution in [0.2, 0.25) is 0 Å². The normalized spacial score (nSPS) is 13.5. The summed E-state index contributed by atoms with van der Waals surface area (Å²) in [5.74, 6) is 5.37. The molecule has 0 amide bonds. The van der Waals surface area contributed by atoms with Crippen molar-refractivity contribution in [1.29, 1.82) is 5.41 Å². The summed E-state index contributed by atoms with van der Waals surface area (Å²) in [7, 11) is 0. The summed E-state index contributed by atoms with van der Waals surface area (Å²) in [5, 5.41) is 6.72. The van der Waals surface area contributed by atoms with Crippen LogP contribution in [-0.2, 0) is 4.84 Å². The second-order valence-electron chi connectivity index (χ2n) is 1.92. The van der Waals surface area contributed by atoms with Gasteiger partial charge in [-0.15, -0.1) is 0 Å². The van der Waals surface area contributed by atoms with Crippen molar-refractivity contribution >= 4 is 12.1 Å². The first-order valence-corrected chi connectivity index (χ1v) is 3.24. The Hall–Kier alpha value is -1.62. The molecule has 0 rings (SSSR count). The molecule has 0 atom stereocenters. The Kier molecular flexibility index (Phi) is 5.29. The Balaban J connectivity index is 4.53. The minimum absolute atomic E-state index is 0.494. The van der Waals surface area contributed by atoms with Gasteiger partial charge in [-0.25, -0.2) is 4.99 Å². The van der Waals surface area contributed by atoms with Crippen molar-refractivity contribution in [3.63, 3.8) is 0 Å². The van der Waals surface area contributed by atoms with Gasteiger partial charge < -0.3 is 10.6 Å². The molecule has 0 fully saturated rings. The van der Waals surface area contributed by atoms with Crippen LogP contribution in [0.25, 0.3) is 0 Å². The molecule has 5 heteroatoms. The van der Waals surface area contributed by atoms with E-state index in [0.29, 0.717) is 11.5 Å². The van der Waals surface area contributed by atoms with Gasteiger partial charge in [0.2, 0.25) is 0 Å². The highest BCUT2D eigenvalue weighted by molar-refractivity contribution is 6.07. The average Bonchev–Trinajstić information content (AvgIpc) is 2.05. The van der Waals surface area contributed by atoms with Crippen LogP contribution in [0.15, 0.2) is 29.1 Å². The predicted molar refractivity (Wildman–Crippen MR) is 48.6 cm³/mol. The van der Waals surface area contributed by atoms with Crippen molar-refractivity contribution in [3.05, 3.63) is 24.1 Å². The van der Waals surface area contributed by atoms with Gasteiger partial charge in [0.15, 0.2) is 0 Å². The lowest BCUT2D eigenvalue weighted by molar-refractivity contribution is 0.223. The summed E-state index contributed by atoms with van der Waals surface area (Å²) in [6.07, 6.45) is 5.33. The molecule has 66 valence electrons. The monoisotopic (exact) mass is 168 g/mol. The highest BCUT2D eigenvalue weighted by Crippen LogP contribution is 1.93. The molecule has 0 aliphatic carbocycles. The molecule has 0 aromatic rings. The fraction of sp³-hybridized carbons (Fsp3) is 0.143. The topological polar surface area (TPSA) is 97.5 Å². The van der Waals surface area contributed by atoms with E-state index < -0.39 is 0 Å². The quantitative estimate of drug-likeness (QED) is 0.244. The summed E-state index contributed by atoms with van der Waals surface area (Å²) in [6, 6.07) is 0. The van der Waals surface area contributed by atoms with E-state index in [0.717, 1.165) is 6.34 Å². The van der Waals surface area contributed by atoms with E-state index >= 15 is 0 Å². The standard InChI is InChI=1S/C7H12N4O/c1-6(12-10)4-7(2-3-8)11-5-9/h2-5,9H,8,10H2,1H3/b3-2+,6-4+,9-5?,11-7+. The van der Waals surface area contributed by atoms with E-state index in [9.17, 15) is 0 Å². The highest BCUT2D eigenvalue weighted by atomic mass is 16.6. The van der Waals surface area contributed by atoms with Crippen LogP contribution in [0.1, 0.15) is 6.92 Å². The maximum absolute atomic E-state index is 6.72. The maximum atomic E-state index is 6.72. The van der Waals surface area contributed by atoms with Gasteiger partial charge in [0, 0.05) is 6.08 Å². The van der Waals surface area contributed by atoms with E-state index in [1.165, 1.54) is 12.3 Å². The molecule has 0 saturated heterocycles. The molecule has 0 bridgehead atoms. The molecule has 0 aliphatic heterocycles. The molecule has 0 aromatic carbocycles. The number of aliphatic imine (C=N–C) groups is 1. The Morgan fingerprint density at radius 1 is 1.58 bits per heavy atom. The number of allylic oxidation sites excluding steroid dienone is 3. The zero-order valence-electron chi connectivity index (χ0n) is 6.82. The van der Waals surface area contributed by atoms with Gasteiger partial charge in [0.05, 0.1) is 5.71 Å². The molecule has 0 aliphatic rings. The summed E-state index contributed by atoms with van der Waals surface area (Å²) < 4.78 is 0. The molecule has 5 N–H and O–H groups in total. The highest BCUT2D eigenvalue weighted by Gasteiger charge is 1.90. The first kappa shape index (κ1) is 10.4. The van der Waals surface area contributed by atoms with E-state index in [2.05, 4.69) is 9.83 Å². The average molecular weight is 168 g/mol. The first-order chi connectivity index (χ1) is 5.74. The number of hydrogen-bond donors (Lipinski definition) is 3. The van der Waals surface area contributed by atoms with Crippen molar-refractivity contribution in [2.24, 2.45) is 16.6 Å². The fourth-order valence-electron chi connectivity index (χ4n) is 0.544. The number of rotatable bonds is 4. The van der Waals surface area contributed by atoms with Crippen molar-refractivity contribution < 1.29 is 4.84 Å². The molecule has 0 unspecified atom stereocenters. The second-order valence-corrected chi connectivity index (χ2v) is 1.92. The van der Waals surface area contributed by atoms with Crippen molar-refractivity contribution in [3.8, 4) is 0 Å². The fourth-order valence-corrected chi connectivity index (χ4v) is 0.544. The molecule has 0 radical (unpaired) electrons. The van der Waals surface area contributed by atoms with Gasteiger partial charge in [-0.3, -0.25) is 5.41 Å². The Bertz CT molecular complexity index is 230. The largest absolute Gasteiger partial charge is 0.416 e. The molecule has 0 heterocycles. The third kappa shape index (κ3) is 4.24. The third-order valence-corrected chi connectivity index (χ3v) is 1.02. The second kappa shape index (κ2) is 6.11. The van der Waals surface area contributed by atoms with Gasteiger partial charge in [-0.2, -0.15) is 5.90 Å². The summed E-state index contributed by atoms with van der Waals surface area (Å²) in [6.45, 7) is 1.67. The van der Waals surface area contributed by atoms with Gasteiger partial charge in [0.1, 0.15) is 12.1 Å². The zero-order valence-corrected chi connectivity index (χ0v) is 6.82. The number of nitrogens with one attached hydrogen (secondary N) is 1. The van der Waals surface area contributed by atoms with E-state index in [1.807, 2.05) is 0 Å². The molecular formula is C7H12N4O. The van der Waals surface area contributed by atoms with Crippen molar-refractivity contribution in [2.75, 3.05) is 0 Å². The van der Waals surface area contributed by atoms with Gasteiger partial charge >= 0.3 is 0 Å².